The van der Waals surface area contributed by atoms with Gasteiger partial charge in [-0.05, 0) is 44.2 Å². The molecule has 1 aliphatic rings. The second-order valence-electron chi connectivity index (χ2n) is 8.26. The minimum Gasteiger partial charge on any atom is -0.381 e. The van der Waals surface area contributed by atoms with Gasteiger partial charge >= 0.3 is 0 Å². The summed E-state index contributed by atoms with van der Waals surface area (Å²) in [5.41, 5.74) is 1.20. The van der Waals surface area contributed by atoms with E-state index in [4.69, 9.17) is 4.74 Å². The van der Waals surface area contributed by atoms with Crippen molar-refractivity contribution in [3.63, 3.8) is 0 Å². The van der Waals surface area contributed by atoms with E-state index in [0.29, 0.717) is 12.0 Å². The van der Waals surface area contributed by atoms with E-state index in [-0.39, 0.29) is 0 Å². The lowest BCUT2D eigenvalue weighted by atomic mass is 10.1. The first kappa shape index (κ1) is 23.0. The Morgan fingerprint density at radius 3 is 2.36 bits per heavy atom. The average Bonchev–Trinajstić information content (AvgIpc) is 2.71. The lowest BCUT2D eigenvalue weighted by Gasteiger charge is -2.34. The molecule has 1 fully saturated rings. The van der Waals surface area contributed by atoms with Crippen molar-refractivity contribution in [2.75, 3.05) is 57.4 Å². The molecule has 2 heterocycles. The molecule has 6 nitrogen and oxygen atoms in total. The van der Waals surface area contributed by atoms with Crippen LogP contribution in [0.4, 0.5) is 5.95 Å². The number of rotatable bonds is 13. The Kier molecular flexibility index (Phi) is 10.8. The molecule has 1 saturated heterocycles. The molecular weight excluding hydrogens is 350 g/mol. The van der Waals surface area contributed by atoms with Gasteiger partial charge in [-0.2, -0.15) is 0 Å². The van der Waals surface area contributed by atoms with E-state index in [2.05, 4.69) is 52.8 Å². The number of nitrogens with zero attached hydrogens (tertiary/aromatic N) is 4. The Morgan fingerprint density at radius 2 is 1.71 bits per heavy atom. The molecular formula is C22H41N5O. The molecule has 160 valence electrons. The van der Waals surface area contributed by atoms with E-state index in [9.17, 15) is 0 Å². The summed E-state index contributed by atoms with van der Waals surface area (Å²) in [5.74, 6) is 1.35. The zero-order valence-electron chi connectivity index (χ0n) is 18.5. The van der Waals surface area contributed by atoms with Crippen molar-refractivity contribution in [2.24, 2.45) is 0 Å². The number of hydrogen-bond acceptors (Lipinski definition) is 6. The molecule has 28 heavy (non-hydrogen) atoms. The highest BCUT2D eigenvalue weighted by Gasteiger charge is 2.18. The van der Waals surface area contributed by atoms with Crippen molar-refractivity contribution in [1.82, 2.24) is 20.2 Å². The normalized spacial score (nSPS) is 16.7. The van der Waals surface area contributed by atoms with Crippen LogP contribution in [-0.4, -0.2) is 73.4 Å². The van der Waals surface area contributed by atoms with Crippen molar-refractivity contribution in [3.05, 3.63) is 18.0 Å². The maximum absolute atomic E-state index is 5.79. The lowest BCUT2D eigenvalue weighted by Crippen LogP contribution is -2.47. The summed E-state index contributed by atoms with van der Waals surface area (Å²) in [7, 11) is 0. The molecule has 1 aromatic heterocycles. The van der Waals surface area contributed by atoms with E-state index in [1.165, 1.54) is 18.4 Å². The zero-order valence-corrected chi connectivity index (χ0v) is 18.5. The van der Waals surface area contributed by atoms with Crippen LogP contribution in [0.3, 0.4) is 0 Å². The smallest absolute Gasteiger partial charge is 0.225 e. The molecule has 0 radical (unpaired) electrons. The van der Waals surface area contributed by atoms with Gasteiger partial charge in [-0.3, -0.25) is 4.90 Å². The number of ether oxygens (including phenoxy) is 1. The third kappa shape index (κ3) is 8.41. The molecule has 2 rings (SSSR count). The molecule has 0 bridgehead atoms. The quantitative estimate of drug-likeness (QED) is 0.521. The predicted octanol–water partition coefficient (Wildman–Crippen LogP) is 3.30. The summed E-state index contributed by atoms with van der Waals surface area (Å²) in [6.07, 6.45) is 8.65. The summed E-state index contributed by atoms with van der Waals surface area (Å²) in [6.45, 7) is 16.9. The van der Waals surface area contributed by atoms with Crippen LogP contribution in [0.1, 0.15) is 64.9 Å². The van der Waals surface area contributed by atoms with Crippen LogP contribution < -0.4 is 10.2 Å². The van der Waals surface area contributed by atoms with Gasteiger partial charge in [0.1, 0.15) is 0 Å². The van der Waals surface area contributed by atoms with Crippen LogP contribution in [0.2, 0.25) is 0 Å². The highest BCUT2D eigenvalue weighted by Crippen LogP contribution is 2.15. The van der Waals surface area contributed by atoms with Crippen molar-refractivity contribution >= 4 is 5.95 Å². The van der Waals surface area contributed by atoms with Gasteiger partial charge in [0.05, 0.1) is 0 Å². The molecule has 1 N–H and O–H groups in total. The van der Waals surface area contributed by atoms with Crippen LogP contribution in [0.5, 0.6) is 0 Å². The largest absolute Gasteiger partial charge is 0.381 e. The van der Waals surface area contributed by atoms with Crippen molar-refractivity contribution in [1.29, 1.82) is 0 Å². The van der Waals surface area contributed by atoms with E-state index in [1.54, 1.807) is 0 Å². The lowest BCUT2D eigenvalue weighted by molar-refractivity contribution is 0.117. The van der Waals surface area contributed by atoms with E-state index in [0.717, 1.165) is 71.3 Å². The number of piperazine rings is 1. The second-order valence-corrected chi connectivity index (χ2v) is 8.26. The summed E-state index contributed by atoms with van der Waals surface area (Å²) >= 11 is 0. The van der Waals surface area contributed by atoms with Gasteiger partial charge in [-0.25, -0.2) is 9.97 Å². The van der Waals surface area contributed by atoms with E-state index >= 15 is 0 Å². The predicted molar refractivity (Wildman–Crippen MR) is 117 cm³/mol. The molecule has 0 aromatic carbocycles. The first-order chi connectivity index (χ1) is 13.6. The van der Waals surface area contributed by atoms with Crippen LogP contribution >= 0.6 is 0 Å². The van der Waals surface area contributed by atoms with Crippen LogP contribution in [0, 0.1) is 0 Å². The highest BCUT2D eigenvalue weighted by atomic mass is 16.5. The van der Waals surface area contributed by atoms with E-state index < -0.39 is 0 Å². The summed E-state index contributed by atoms with van der Waals surface area (Å²) in [5, 5.41) is 3.55. The Hall–Kier alpha value is -1.24. The molecule has 1 unspecified atom stereocenters. The Morgan fingerprint density at radius 1 is 1.04 bits per heavy atom. The number of anilines is 1. The molecule has 1 aliphatic heterocycles. The fourth-order valence-electron chi connectivity index (χ4n) is 3.51. The molecule has 6 heteroatoms. The SMILES string of the molecule is CCCC(C)NCCCOCCCN1CCN(c2ncc(C(C)C)cn2)CC1. The van der Waals surface area contributed by atoms with Crippen LogP contribution in [-0.2, 0) is 4.74 Å². The third-order valence-corrected chi connectivity index (χ3v) is 5.42. The maximum Gasteiger partial charge on any atom is 0.225 e. The molecule has 1 atom stereocenters. The highest BCUT2D eigenvalue weighted by molar-refractivity contribution is 5.31. The fourth-order valence-corrected chi connectivity index (χ4v) is 3.51. The monoisotopic (exact) mass is 391 g/mol. The number of nitrogens with one attached hydrogen (secondary N) is 1. The number of aromatic nitrogens is 2. The summed E-state index contributed by atoms with van der Waals surface area (Å²) in [6, 6.07) is 0.627. The Labute approximate surface area is 172 Å². The Balaban J connectivity index is 1.50. The second kappa shape index (κ2) is 13.1. The van der Waals surface area contributed by atoms with Crippen LogP contribution in [0.25, 0.3) is 0 Å². The topological polar surface area (TPSA) is 53.5 Å². The van der Waals surface area contributed by atoms with E-state index in [1.807, 2.05) is 12.4 Å². The van der Waals surface area contributed by atoms with Crippen molar-refractivity contribution in [2.45, 2.75) is 65.3 Å². The zero-order chi connectivity index (χ0) is 20.2. The van der Waals surface area contributed by atoms with Crippen molar-refractivity contribution in [3.8, 4) is 0 Å². The molecule has 0 aliphatic carbocycles. The third-order valence-electron chi connectivity index (χ3n) is 5.42. The minimum atomic E-state index is 0.481. The van der Waals surface area contributed by atoms with Gasteiger partial charge in [0.2, 0.25) is 5.95 Å². The van der Waals surface area contributed by atoms with Gasteiger partial charge in [0, 0.05) is 64.4 Å². The number of hydrogen-bond donors (Lipinski definition) is 1. The van der Waals surface area contributed by atoms with Crippen molar-refractivity contribution < 1.29 is 4.74 Å². The molecule has 1 aromatic rings. The van der Waals surface area contributed by atoms with Gasteiger partial charge in [-0.15, -0.1) is 0 Å². The van der Waals surface area contributed by atoms with Gasteiger partial charge in [-0.1, -0.05) is 27.2 Å². The minimum absolute atomic E-state index is 0.481. The average molecular weight is 392 g/mol. The molecule has 0 amide bonds. The van der Waals surface area contributed by atoms with Gasteiger partial charge in [0.15, 0.2) is 0 Å². The molecule has 0 spiro atoms. The first-order valence-electron chi connectivity index (χ1n) is 11.2. The standard InChI is InChI=1S/C22H41N5O/c1-5-8-20(4)23-9-6-15-28-16-7-10-26-11-13-27(14-12-26)22-24-17-21(18-25-22)19(2)3/h17-20,23H,5-16H2,1-4H3. The van der Waals surface area contributed by atoms with Crippen LogP contribution in [0.15, 0.2) is 12.4 Å². The molecule has 0 saturated carbocycles. The Bertz CT molecular complexity index is 514. The van der Waals surface area contributed by atoms with Gasteiger partial charge < -0.3 is 15.0 Å². The maximum atomic E-state index is 5.79. The summed E-state index contributed by atoms with van der Waals surface area (Å²) in [4.78, 5) is 13.9. The van der Waals surface area contributed by atoms with Gasteiger partial charge in [0.25, 0.3) is 0 Å². The summed E-state index contributed by atoms with van der Waals surface area (Å²) < 4.78 is 5.79. The fraction of sp³-hybridized carbons (Fsp3) is 0.818. The first-order valence-corrected chi connectivity index (χ1v) is 11.2.